The van der Waals surface area contributed by atoms with E-state index in [0.717, 1.165) is 12.8 Å². The summed E-state index contributed by atoms with van der Waals surface area (Å²) in [6.45, 7) is 7.62. The zero-order valence-corrected chi connectivity index (χ0v) is 13.9. The Morgan fingerprint density at radius 2 is 2.00 bits per heavy atom. The molecule has 22 heavy (non-hydrogen) atoms. The largest absolute Gasteiger partial charge is 0.463 e. The van der Waals surface area contributed by atoms with Gasteiger partial charge in [-0.2, -0.15) is 0 Å². The molecule has 0 bridgehead atoms. The highest BCUT2D eigenvalue weighted by Gasteiger charge is 2.35. The lowest BCUT2D eigenvalue weighted by atomic mass is 9.88. The van der Waals surface area contributed by atoms with Gasteiger partial charge in [-0.1, -0.05) is 13.8 Å². The van der Waals surface area contributed by atoms with Crippen LogP contribution in [0.4, 0.5) is 0 Å². The predicted molar refractivity (Wildman–Crippen MR) is 84.2 cm³/mol. The molecule has 0 aromatic carbocycles. The molecule has 0 saturated heterocycles. The van der Waals surface area contributed by atoms with Gasteiger partial charge in [-0.05, 0) is 32.3 Å². The van der Waals surface area contributed by atoms with E-state index in [2.05, 4.69) is 5.32 Å². The molecule has 0 saturated carbocycles. The quantitative estimate of drug-likeness (QED) is 0.691. The molecule has 0 radical (unpaired) electrons. The van der Waals surface area contributed by atoms with Gasteiger partial charge in [-0.3, -0.25) is 4.79 Å². The van der Waals surface area contributed by atoms with Gasteiger partial charge in [0.1, 0.15) is 0 Å². The molecule has 1 amide bonds. The van der Waals surface area contributed by atoms with Gasteiger partial charge in [0.15, 0.2) is 0 Å². The Labute approximate surface area is 132 Å². The lowest BCUT2D eigenvalue weighted by Crippen LogP contribution is -2.57. The van der Waals surface area contributed by atoms with Crippen LogP contribution in [-0.2, 0) is 19.1 Å². The highest BCUT2D eigenvalue weighted by Crippen LogP contribution is 2.24. The van der Waals surface area contributed by atoms with Crippen molar-refractivity contribution in [2.45, 2.75) is 71.2 Å². The van der Waals surface area contributed by atoms with E-state index >= 15 is 0 Å². The third kappa shape index (κ3) is 5.10. The van der Waals surface area contributed by atoms with Crippen LogP contribution in [0.5, 0.6) is 0 Å². The number of ether oxygens (including phenoxy) is 2. The number of rotatable bonds is 7. The summed E-state index contributed by atoms with van der Waals surface area (Å²) in [7, 11) is 0. The van der Waals surface area contributed by atoms with Gasteiger partial charge in [0.25, 0.3) is 0 Å². The van der Waals surface area contributed by atoms with Crippen molar-refractivity contribution in [2.24, 2.45) is 5.73 Å². The summed E-state index contributed by atoms with van der Waals surface area (Å²) < 4.78 is 11.1. The molecule has 126 valence electrons. The second-order valence-corrected chi connectivity index (χ2v) is 5.55. The Morgan fingerprint density at radius 3 is 2.50 bits per heavy atom. The van der Waals surface area contributed by atoms with Crippen molar-refractivity contribution in [3.63, 3.8) is 0 Å². The van der Waals surface area contributed by atoms with Crippen molar-refractivity contribution >= 4 is 11.9 Å². The molecular formula is C16H28N2O4. The van der Waals surface area contributed by atoms with E-state index in [1.54, 1.807) is 13.0 Å². The number of nitrogens with one attached hydrogen (secondary N) is 1. The number of hydrogen-bond donors (Lipinski definition) is 2. The first-order chi connectivity index (χ1) is 10.4. The summed E-state index contributed by atoms with van der Waals surface area (Å²) >= 11 is 0. The van der Waals surface area contributed by atoms with E-state index in [1.165, 1.54) is 6.92 Å². The maximum atomic E-state index is 12.0. The minimum absolute atomic E-state index is 0.0613. The maximum Gasteiger partial charge on any atom is 0.333 e. The van der Waals surface area contributed by atoms with Crippen LogP contribution in [0.3, 0.4) is 0 Å². The van der Waals surface area contributed by atoms with Crippen LogP contribution in [0.2, 0.25) is 0 Å². The zero-order chi connectivity index (χ0) is 16.7. The molecule has 1 aliphatic carbocycles. The van der Waals surface area contributed by atoms with Gasteiger partial charge in [0, 0.05) is 18.5 Å². The summed E-state index contributed by atoms with van der Waals surface area (Å²) in [6.07, 6.45) is 3.48. The number of nitrogens with two attached hydrogens (primary N) is 1. The minimum atomic E-state index is -0.419. The number of carbonyl (C=O) groups excluding carboxylic acids is 2. The van der Waals surface area contributed by atoms with Crippen LogP contribution >= 0.6 is 0 Å². The first-order valence-electron chi connectivity index (χ1n) is 7.98. The summed E-state index contributed by atoms with van der Waals surface area (Å²) in [5.74, 6) is -0.524. The molecule has 0 heterocycles. The lowest BCUT2D eigenvalue weighted by molar-refractivity contribution is -0.139. The molecule has 6 nitrogen and oxygen atoms in total. The van der Waals surface area contributed by atoms with Crippen molar-refractivity contribution in [2.75, 3.05) is 6.61 Å². The Kier molecular flexibility index (Phi) is 7.55. The number of esters is 1. The SMILES string of the molecule is CCOC(=O)C1=CC(OC(CC)CC)C(NC(C)=O)[C@@H](N)C1. The molecule has 0 aliphatic heterocycles. The highest BCUT2D eigenvalue weighted by atomic mass is 16.5. The lowest BCUT2D eigenvalue weighted by Gasteiger charge is -2.36. The molecule has 1 aliphatic rings. The topological polar surface area (TPSA) is 90.6 Å². The van der Waals surface area contributed by atoms with Gasteiger partial charge in [-0.15, -0.1) is 0 Å². The predicted octanol–water partition coefficient (Wildman–Crippen LogP) is 1.29. The molecule has 0 fully saturated rings. The Bertz CT molecular complexity index is 418. The first-order valence-corrected chi connectivity index (χ1v) is 7.98. The molecule has 3 N–H and O–H groups in total. The summed E-state index contributed by atoms with van der Waals surface area (Å²) in [5, 5.41) is 2.84. The summed E-state index contributed by atoms with van der Waals surface area (Å²) in [5.41, 5.74) is 6.68. The van der Waals surface area contributed by atoms with Crippen molar-refractivity contribution in [1.29, 1.82) is 0 Å². The standard InChI is InChI=1S/C16H28N2O4/c1-5-12(6-2)22-14-9-11(16(20)21-7-3)8-13(17)15(14)18-10(4)19/h9,12-15H,5-8,17H2,1-4H3,(H,18,19)/t13-,14?,15?/m0/s1. The molecule has 3 atom stereocenters. The monoisotopic (exact) mass is 312 g/mol. The molecule has 2 unspecified atom stereocenters. The molecular weight excluding hydrogens is 284 g/mol. The zero-order valence-electron chi connectivity index (χ0n) is 13.9. The van der Waals surface area contributed by atoms with Crippen LogP contribution in [0.25, 0.3) is 0 Å². The minimum Gasteiger partial charge on any atom is -0.463 e. The van der Waals surface area contributed by atoms with Crippen molar-refractivity contribution in [1.82, 2.24) is 5.32 Å². The van der Waals surface area contributed by atoms with E-state index in [9.17, 15) is 9.59 Å². The first kappa shape index (κ1) is 18.6. The second-order valence-electron chi connectivity index (χ2n) is 5.55. The summed E-state index contributed by atoms with van der Waals surface area (Å²) in [4.78, 5) is 23.4. The normalized spacial score (nSPS) is 24.8. The highest BCUT2D eigenvalue weighted by molar-refractivity contribution is 5.89. The van der Waals surface area contributed by atoms with E-state index in [4.69, 9.17) is 15.2 Å². The Morgan fingerprint density at radius 1 is 1.36 bits per heavy atom. The summed E-state index contributed by atoms with van der Waals surface area (Å²) in [6, 6.07) is -0.719. The van der Waals surface area contributed by atoms with Crippen LogP contribution in [0.1, 0.15) is 47.0 Å². The molecule has 0 aromatic rings. The van der Waals surface area contributed by atoms with Crippen molar-refractivity contribution < 1.29 is 19.1 Å². The fourth-order valence-corrected chi connectivity index (χ4v) is 2.62. The number of hydrogen-bond acceptors (Lipinski definition) is 5. The number of carbonyl (C=O) groups is 2. The Hall–Kier alpha value is -1.40. The Balaban J connectivity index is 2.98. The fraction of sp³-hybridized carbons (Fsp3) is 0.750. The van der Waals surface area contributed by atoms with Gasteiger partial charge in [0.2, 0.25) is 5.91 Å². The van der Waals surface area contributed by atoms with E-state index in [-0.39, 0.29) is 30.1 Å². The molecule has 0 spiro atoms. The van der Waals surface area contributed by atoms with Crippen molar-refractivity contribution in [3.05, 3.63) is 11.6 Å². The third-order valence-electron chi connectivity index (χ3n) is 3.80. The van der Waals surface area contributed by atoms with Gasteiger partial charge in [0.05, 0.1) is 24.9 Å². The van der Waals surface area contributed by atoms with Crippen LogP contribution < -0.4 is 11.1 Å². The fourth-order valence-electron chi connectivity index (χ4n) is 2.62. The van der Waals surface area contributed by atoms with Gasteiger partial charge in [-0.25, -0.2) is 4.79 Å². The van der Waals surface area contributed by atoms with Crippen LogP contribution in [0, 0.1) is 0 Å². The van der Waals surface area contributed by atoms with E-state index < -0.39 is 6.10 Å². The molecule has 6 heteroatoms. The van der Waals surface area contributed by atoms with Crippen LogP contribution in [-0.4, -0.2) is 42.8 Å². The molecule has 1 rings (SSSR count). The average molecular weight is 312 g/mol. The van der Waals surface area contributed by atoms with Gasteiger partial charge < -0.3 is 20.5 Å². The van der Waals surface area contributed by atoms with Crippen LogP contribution in [0.15, 0.2) is 11.6 Å². The van der Waals surface area contributed by atoms with Crippen molar-refractivity contribution in [3.8, 4) is 0 Å². The van der Waals surface area contributed by atoms with E-state index in [0.29, 0.717) is 18.6 Å². The average Bonchev–Trinajstić information content (AvgIpc) is 2.47. The third-order valence-corrected chi connectivity index (χ3v) is 3.80. The second kappa shape index (κ2) is 8.90. The van der Waals surface area contributed by atoms with Gasteiger partial charge >= 0.3 is 5.97 Å². The van der Waals surface area contributed by atoms with E-state index in [1.807, 2.05) is 13.8 Å². The smallest absolute Gasteiger partial charge is 0.333 e. The number of amides is 1. The molecule has 0 aromatic heterocycles. The maximum absolute atomic E-state index is 12.0.